The molecule has 18 heavy (non-hydrogen) atoms. The van der Waals surface area contributed by atoms with Gasteiger partial charge in [-0.15, -0.1) is 0 Å². The molecule has 3 rings (SSSR count). The van der Waals surface area contributed by atoms with Crippen molar-refractivity contribution >= 4 is 17.3 Å². The van der Waals surface area contributed by atoms with Crippen LogP contribution in [0.15, 0.2) is 53.5 Å². The van der Waals surface area contributed by atoms with Gasteiger partial charge in [0.15, 0.2) is 0 Å². The fourth-order valence-electron chi connectivity index (χ4n) is 2.09. The van der Waals surface area contributed by atoms with E-state index in [1.165, 1.54) is 0 Å². The standard InChI is InChI=1S/C14H11ClN2O/c15-11-6-7-13-12(8-11)14(17(18)9-16-13)10-4-2-1-3-5-10/h1-8,18H,9H2. The van der Waals surface area contributed by atoms with Crippen molar-refractivity contribution in [3.63, 3.8) is 0 Å². The van der Waals surface area contributed by atoms with Crippen LogP contribution in [0.25, 0.3) is 5.70 Å². The third kappa shape index (κ3) is 1.88. The molecule has 1 aliphatic rings. The molecule has 4 heteroatoms. The van der Waals surface area contributed by atoms with Gasteiger partial charge in [0.25, 0.3) is 0 Å². The molecule has 2 aromatic rings. The number of halogens is 1. The molecule has 2 aromatic carbocycles. The molecular weight excluding hydrogens is 248 g/mol. The minimum absolute atomic E-state index is 0.235. The summed E-state index contributed by atoms with van der Waals surface area (Å²) in [6, 6.07) is 15.2. The van der Waals surface area contributed by atoms with Gasteiger partial charge in [0, 0.05) is 15.8 Å². The van der Waals surface area contributed by atoms with Crippen LogP contribution in [0.4, 0.5) is 0 Å². The highest BCUT2D eigenvalue weighted by molar-refractivity contribution is 6.30. The van der Waals surface area contributed by atoms with E-state index in [9.17, 15) is 5.21 Å². The molecule has 0 bridgehead atoms. The van der Waals surface area contributed by atoms with Crippen LogP contribution < -0.4 is 10.6 Å². The molecule has 0 saturated heterocycles. The van der Waals surface area contributed by atoms with Crippen LogP contribution >= 0.6 is 11.6 Å². The normalized spacial score (nSPS) is 14.1. The van der Waals surface area contributed by atoms with Gasteiger partial charge in [-0.3, -0.25) is 10.2 Å². The van der Waals surface area contributed by atoms with Gasteiger partial charge >= 0.3 is 0 Å². The van der Waals surface area contributed by atoms with E-state index in [2.05, 4.69) is 4.99 Å². The summed E-state index contributed by atoms with van der Waals surface area (Å²) in [5, 5.41) is 13.5. The number of hydroxylamine groups is 2. The molecule has 0 spiro atoms. The monoisotopic (exact) mass is 258 g/mol. The summed E-state index contributed by atoms with van der Waals surface area (Å²) < 4.78 is 0. The number of nitrogens with zero attached hydrogens (tertiary/aromatic N) is 2. The van der Waals surface area contributed by atoms with Crippen LogP contribution in [0, 0.1) is 0 Å². The number of rotatable bonds is 1. The average molecular weight is 259 g/mol. The quantitative estimate of drug-likeness (QED) is 0.846. The van der Waals surface area contributed by atoms with Gasteiger partial charge < -0.3 is 0 Å². The van der Waals surface area contributed by atoms with E-state index < -0.39 is 0 Å². The second-order valence-electron chi connectivity index (χ2n) is 4.08. The Morgan fingerprint density at radius 1 is 1.11 bits per heavy atom. The Kier molecular flexibility index (Phi) is 2.78. The lowest BCUT2D eigenvalue weighted by Gasteiger charge is -2.21. The predicted molar refractivity (Wildman–Crippen MR) is 69.7 cm³/mol. The molecule has 1 aliphatic heterocycles. The molecule has 0 saturated carbocycles. The third-order valence-corrected chi connectivity index (χ3v) is 3.13. The number of hydrogen-bond acceptors (Lipinski definition) is 3. The first-order valence-electron chi connectivity index (χ1n) is 5.62. The molecule has 1 heterocycles. The van der Waals surface area contributed by atoms with Crippen LogP contribution in [-0.4, -0.2) is 16.9 Å². The zero-order chi connectivity index (χ0) is 12.5. The van der Waals surface area contributed by atoms with Crippen molar-refractivity contribution in [2.24, 2.45) is 4.99 Å². The van der Waals surface area contributed by atoms with Gasteiger partial charge in [0.1, 0.15) is 6.67 Å². The van der Waals surface area contributed by atoms with E-state index in [0.717, 1.165) is 26.9 Å². The van der Waals surface area contributed by atoms with Gasteiger partial charge in [-0.2, -0.15) is 0 Å². The lowest BCUT2D eigenvalue weighted by molar-refractivity contribution is -0.0275. The number of fused-ring (bicyclic) bond motifs is 1. The average Bonchev–Trinajstić information content (AvgIpc) is 2.39. The lowest BCUT2D eigenvalue weighted by atomic mass is 10.1. The van der Waals surface area contributed by atoms with Crippen LogP contribution in [0.2, 0.25) is 5.02 Å². The molecule has 3 nitrogen and oxygen atoms in total. The van der Waals surface area contributed by atoms with Gasteiger partial charge in [-0.1, -0.05) is 41.9 Å². The summed E-state index contributed by atoms with van der Waals surface area (Å²) in [6.07, 6.45) is 0. The Balaban J connectivity index is 2.38. The van der Waals surface area contributed by atoms with Gasteiger partial charge in [-0.05, 0) is 18.2 Å². The van der Waals surface area contributed by atoms with E-state index in [0.29, 0.717) is 5.02 Å². The second-order valence-corrected chi connectivity index (χ2v) is 4.51. The Morgan fingerprint density at radius 2 is 1.89 bits per heavy atom. The van der Waals surface area contributed by atoms with Gasteiger partial charge in [0.2, 0.25) is 0 Å². The fourth-order valence-corrected chi connectivity index (χ4v) is 2.26. The summed E-state index contributed by atoms with van der Waals surface area (Å²) >= 11 is 6.02. The second kappa shape index (κ2) is 4.44. The topological polar surface area (TPSA) is 35.8 Å². The summed E-state index contributed by atoms with van der Waals surface area (Å²) in [7, 11) is 0. The first-order valence-corrected chi connectivity index (χ1v) is 6.00. The van der Waals surface area contributed by atoms with Crippen molar-refractivity contribution in [2.45, 2.75) is 0 Å². The minimum atomic E-state index is 0.235. The van der Waals surface area contributed by atoms with Gasteiger partial charge in [-0.25, -0.2) is 5.06 Å². The van der Waals surface area contributed by atoms with E-state index in [-0.39, 0.29) is 6.67 Å². The Labute approximate surface area is 109 Å². The smallest absolute Gasteiger partial charge is 0.136 e. The largest absolute Gasteiger partial charge is 0.287 e. The van der Waals surface area contributed by atoms with E-state index in [1.807, 2.05) is 42.5 Å². The van der Waals surface area contributed by atoms with Crippen LogP contribution in [-0.2, 0) is 0 Å². The molecule has 0 unspecified atom stereocenters. The molecular formula is C14H11ClN2O. The molecule has 1 N–H and O–H groups in total. The van der Waals surface area contributed by atoms with E-state index >= 15 is 0 Å². The highest BCUT2D eigenvalue weighted by Gasteiger charge is 2.14. The van der Waals surface area contributed by atoms with Crippen LogP contribution in [0.5, 0.6) is 0 Å². The van der Waals surface area contributed by atoms with Crippen molar-refractivity contribution in [2.75, 3.05) is 6.67 Å². The molecule has 0 aromatic heterocycles. The lowest BCUT2D eigenvalue weighted by Crippen LogP contribution is -2.39. The summed E-state index contributed by atoms with van der Waals surface area (Å²) in [6.45, 7) is 0.235. The fraction of sp³-hybridized carbons (Fsp3) is 0.0714. The zero-order valence-electron chi connectivity index (χ0n) is 9.55. The van der Waals surface area contributed by atoms with Crippen molar-refractivity contribution in [3.05, 3.63) is 69.7 Å². The molecule has 0 aliphatic carbocycles. The number of benzene rings is 2. The van der Waals surface area contributed by atoms with Crippen molar-refractivity contribution in [3.8, 4) is 0 Å². The summed E-state index contributed by atoms with van der Waals surface area (Å²) in [4.78, 5) is 4.29. The molecule has 0 radical (unpaired) electrons. The highest BCUT2D eigenvalue weighted by atomic mass is 35.5. The Morgan fingerprint density at radius 3 is 2.67 bits per heavy atom. The van der Waals surface area contributed by atoms with E-state index in [4.69, 9.17) is 11.6 Å². The Hall–Kier alpha value is -1.84. The van der Waals surface area contributed by atoms with Crippen LogP contribution in [0.3, 0.4) is 0 Å². The zero-order valence-corrected chi connectivity index (χ0v) is 10.3. The summed E-state index contributed by atoms with van der Waals surface area (Å²) in [5.41, 5.74) is 1.68. The third-order valence-electron chi connectivity index (χ3n) is 2.89. The first kappa shape index (κ1) is 11.3. The molecule has 0 atom stereocenters. The number of hydrogen-bond donors (Lipinski definition) is 1. The molecule has 90 valence electrons. The van der Waals surface area contributed by atoms with Crippen molar-refractivity contribution in [1.82, 2.24) is 5.06 Å². The van der Waals surface area contributed by atoms with Crippen molar-refractivity contribution < 1.29 is 5.21 Å². The maximum atomic E-state index is 10.0. The molecule has 0 fully saturated rings. The molecule has 0 amide bonds. The predicted octanol–water partition coefficient (Wildman–Crippen LogP) is 1.78. The van der Waals surface area contributed by atoms with Gasteiger partial charge in [0.05, 0.1) is 11.1 Å². The Bertz CT molecular complexity index is 697. The summed E-state index contributed by atoms with van der Waals surface area (Å²) in [5.74, 6) is 0. The van der Waals surface area contributed by atoms with Crippen molar-refractivity contribution in [1.29, 1.82) is 0 Å². The maximum Gasteiger partial charge on any atom is 0.136 e. The minimum Gasteiger partial charge on any atom is -0.287 e. The highest BCUT2D eigenvalue weighted by Crippen LogP contribution is 2.15. The first-order chi connectivity index (χ1) is 8.75. The van der Waals surface area contributed by atoms with Crippen LogP contribution in [0.1, 0.15) is 5.56 Å². The maximum absolute atomic E-state index is 10.0. The SMILES string of the molecule is ON1CN=c2ccc(Cl)cc2=C1c1ccccc1. The van der Waals surface area contributed by atoms with E-state index in [1.54, 1.807) is 6.07 Å².